The van der Waals surface area contributed by atoms with Crippen LogP contribution in [-0.4, -0.2) is 45.3 Å². The van der Waals surface area contributed by atoms with E-state index in [2.05, 4.69) is 5.32 Å². The Morgan fingerprint density at radius 3 is 2.12 bits per heavy atom. The molecule has 0 unspecified atom stereocenters. The Morgan fingerprint density at radius 2 is 1.60 bits per heavy atom. The predicted octanol–water partition coefficient (Wildman–Crippen LogP) is 1.33. The van der Waals surface area contributed by atoms with Gasteiger partial charge in [-0.1, -0.05) is 12.1 Å². The number of fused-ring (bicyclic) bond motifs is 1. The van der Waals surface area contributed by atoms with E-state index in [1.807, 2.05) is 0 Å². The van der Waals surface area contributed by atoms with Crippen molar-refractivity contribution in [2.75, 3.05) is 11.9 Å². The van der Waals surface area contributed by atoms with Crippen molar-refractivity contribution in [3.63, 3.8) is 0 Å². The first-order valence-electron chi connectivity index (χ1n) is 7.20. The molecule has 1 aliphatic rings. The van der Waals surface area contributed by atoms with Crippen molar-refractivity contribution in [2.45, 2.75) is 0 Å². The average Bonchev–Trinajstić information content (AvgIpc) is 2.82. The van der Waals surface area contributed by atoms with E-state index in [9.17, 15) is 24.3 Å². The van der Waals surface area contributed by atoms with Crippen LogP contribution >= 0.6 is 0 Å². The number of nitrogens with one attached hydrogen (secondary N) is 1. The lowest BCUT2D eigenvalue weighted by Gasteiger charge is -2.14. The molecule has 0 atom stereocenters. The third-order valence-electron chi connectivity index (χ3n) is 3.70. The maximum absolute atomic E-state index is 12.2. The van der Waals surface area contributed by atoms with Gasteiger partial charge in [0.05, 0.1) is 22.4 Å². The zero-order valence-electron chi connectivity index (χ0n) is 12.7. The monoisotopic (exact) mass is 340 g/mol. The van der Waals surface area contributed by atoms with Gasteiger partial charge in [-0.2, -0.15) is 0 Å². The van der Waals surface area contributed by atoms with Crippen LogP contribution in [0.4, 0.5) is 5.69 Å². The van der Waals surface area contributed by atoms with E-state index in [0.29, 0.717) is 0 Å². The van der Waals surface area contributed by atoms with E-state index in [0.717, 1.165) is 11.0 Å². The molecule has 0 aliphatic carbocycles. The number of carbonyl (C=O) groups is 4. The van der Waals surface area contributed by atoms with Gasteiger partial charge in [-0.25, -0.2) is 4.79 Å². The topological polar surface area (TPSA) is 124 Å². The minimum absolute atomic E-state index is 0.0217. The molecule has 0 bridgehead atoms. The smallest absolute Gasteiger partial charge is 0.335 e. The zero-order valence-corrected chi connectivity index (χ0v) is 12.7. The number of amides is 3. The fourth-order valence-electron chi connectivity index (χ4n) is 2.49. The minimum atomic E-state index is -1.22. The maximum Gasteiger partial charge on any atom is 0.335 e. The van der Waals surface area contributed by atoms with Crippen LogP contribution in [-0.2, 0) is 4.79 Å². The van der Waals surface area contributed by atoms with E-state index < -0.39 is 36.0 Å². The van der Waals surface area contributed by atoms with Crippen molar-refractivity contribution in [1.82, 2.24) is 4.90 Å². The summed E-state index contributed by atoms with van der Waals surface area (Å²) in [6.07, 6.45) is 0. The molecule has 3 amide bonds. The Bertz CT molecular complexity index is 886. The molecule has 1 heterocycles. The van der Waals surface area contributed by atoms with Crippen LogP contribution in [0.25, 0.3) is 0 Å². The van der Waals surface area contributed by atoms with Gasteiger partial charge in [0.15, 0.2) is 0 Å². The van der Waals surface area contributed by atoms with Crippen molar-refractivity contribution < 1.29 is 29.4 Å². The van der Waals surface area contributed by atoms with Crippen LogP contribution in [0, 0.1) is 0 Å². The van der Waals surface area contributed by atoms with Crippen LogP contribution in [0.1, 0.15) is 31.1 Å². The van der Waals surface area contributed by atoms with Crippen LogP contribution in [0.5, 0.6) is 5.75 Å². The van der Waals surface area contributed by atoms with Crippen molar-refractivity contribution >= 4 is 29.4 Å². The first kappa shape index (κ1) is 16.2. The molecule has 0 saturated heterocycles. The first-order valence-corrected chi connectivity index (χ1v) is 7.20. The number of phenolic OH excluding ortho intramolecular Hbond substituents is 1. The fraction of sp³-hybridized carbons (Fsp3) is 0.0588. The summed E-state index contributed by atoms with van der Waals surface area (Å²) in [4.78, 5) is 48.1. The van der Waals surface area contributed by atoms with E-state index in [4.69, 9.17) is 5.11 Å². The van der Waals surface area contributed by atoms with Gasteiger partial charge in [0, 0.05) is 0 Å². The molecular formula is C17H12N2O6. The van der Waals surface area contributed by atoms with Crippen LogP contribution in [0.3, 0.4) is 0 Å². The molecule has 3 N–H and O–H groups in total. The summed E-state index contributed by atoms with van der Waals surface area (Å²) in [5.74, 6) is -3.50. The molecule has 0 saturated carbocycles. The summed E-state index contributed by atoms with van der Waals surface area (Å²) >= 11 is 0. The van der Waals surface area contributed by atoms with Gasteiger partial charge in [0.25, 0.3) is 11.8 Å². The normalized spacial score (nSPS) is 12.9. The van der Waals surface area contributed by atoms with Crippen LogP contribution < -0.4 is 5.32 Å². The second kappa shape index (κ2) is 6.08. The summed E-state index contributed by atoms with van der Waals surface area (Å²) in [6, 6.07) is 9.66. The van der Waals surface area contributed by atoms with Gasteiger partial charge in [-0.3, -0.25) is 19.3 Å². The largest absolute Gasteiger partial charge is 0.506 e. The van der Waals surface area contributed by atoms with Crippen LogP contribution in [0.2, 0.25) is 0 Å². The number of anilines is 1. The lowest BCUT2D eigenvalue weighted by atomic mass is 10.1. The number of carboxylic acids is 1. The number of imide groups is 1. The molecule has 0 aromatic heterocycles. The Labute approximate surface area is 141 Å². The quantitative estimate of drug-likeness (QED) is 0.570. The number of carboxylic acid groups (broad SMARTS) is 1. The number of aromatic carboxylic acids is 1. The minimum Gasteiger partial charge on any atom is -0.506 e. The molecular weight excluding hydrogens is 328 g/mol. The van der Waals surface area contributed by atoms with Crippen LogP contribution in [0.15, 0.2) is 42.5 Å². The molecule has 1 aliphatic heterocycles. The van der Waals surface area contributed by atoms with Gasteiger partial charge in [-0.15, -0.1) is 0 Å². The summed E-state index contributed by atoms with van der Waals surface area (Å²) < 4.78 is 0. The van der Waals surface area contributed by atoms with Gasteiger partial charge in [-0.05, 0) is 30.3 Å². The zero-order chi connectivity index (χ0) is 18.1. The molecule has 3 rings (SSSR count). The standard InChI is InChI=1S/C17H12N2O6/c20-13-7-9(17(24)25)5-6-12(13)18-14(21)8-19-15(22)10-3-1-2-4-11(10)16(19)23/h1-7,20H,8H2,(H,18,21)(H,24,25). The highest BCUT2D eigenvalue weighted by Gasteiger charge is 2.36. The second-order valence-electron chi connectivity index (χ2n) is 5.33. The second-order valence-corrected chi connectivity index (χ2v) is 5.33. The number of rotatable bonds is 4. The lowest BCUT2D eigenvalue weighted by molar-refractivity contribution is -0.116. The van der Waals surface area contributed by atoms with E-state index in [1.54, 1.807) is 12.1 Å². The first-order chi connectivity index (χ1) is 11.9. The van der Waals surface area contributed by atoms with E-state index in [-0.39, 0.29) is 22.4 Å². The third-order valence-corrected chi connectivity index (χ3v) is 3.70. The molecule has 8 nitrogen and oxygen atoms in total. The van der Waals surface area contributed by atoms with Gasteiger partial charge in [0.2, 0.25) is 5.91 Å². The third kappa shape index (κ3) is 2.92. The molecule has 0 fully saturated rings. The summed E-state index contributed by atoms with van der Waals surface area (Å²) in [7, 11) is 0. The highest BCUT2D eigenvalue weighted by Crippen LogP contribution is 2.25. The van der Waals surface area contributed by atoms with Gasteiger partial charge in [0.1, 0.15) is 12.3 Å². The Balaban J connectivity index is 1.73. The Morgan fingerprint density at radius 1 is 1.00 bits per heavy atom. The fourth-order valence-corrected chi connectivity index (χ4v) is 2.49. The number of aromatic hydroxyl groups is 1. The summed E-state index contributed by atoms with van der Waals surface area (Å²) in [5, 5.41) is 20.9. The summed E-state index contributed by atoms with van der Waals surface area (Å²) in [5.41, 5.74) is 0.297. The van der Waals surface area contributed by atoms with E-state index in [1.165, 1.54) is 24.3 Å². The molecule has 25 heavy (non-hydrogen) atoms. The highest BCUT2D eigenvalue weighted by atomic mass is 16.4. The molecule has 0 spiro atoms. The molecule has 0 radical (unpaired) electrons. The molecule has 126 valence electrons. The van der Waals surface area contributed by atoms with Crippen molar-refractivity contribution in [3.8, 4) is 5.75 Å². The number of hydrogen-bond donors (Lipinski definition) is 3. The summed E-state index contributed by atoms with van der Waals surface area (Å²) in [6.45, 7) is -0.521. The molecule has 2 aromatic carbocycles. The van der Waals surface area contributed by atoms with Crippen molar-refractivity contribution in [2.24, 2.45) is 0 Å². The lowest BCUT2D eigenvalue weighted by Crippen LogP contribution is -2.37. The van der Waals surface area contributed by atoms with Gasteiger partial charge < -0.3 is 15.5 Å². The molecule has 2 aromatic rings. The van der Waals surface area contributed by atoms with Crippen molar-refractivity contribution in [3.05, 3.63) is 59.2 Å². The van der Waals surface area contributed by atoms with Gasteiger partial charge >= 0.3 is 5.97 Å². The number of phenols is 1. The number of carbonyl (C=O) groups excluding carboxylic acids is 3. The average molecular weight is 340 g/mol. The molecule has 8 heteroatoms. The highest BCUT2D eigenvalue weighted by molar-refractivity contribution is 6.22. The SMILES string of the molecule is O=C(CN1C(=O)c2ccccc2C1=O)Nc1ccc(C(=O)O)cc1O. The van der Waals surface area contributed by atoms with E-state index >= 15 is 0 Å². The predicted molar refractivity (Wildman–Crippen MR) is 85.5 cm³/mol. The Hall–Kier alpha value is -3.68. The number of nitrogens with zero attached hydrogens (tertiary/aromatic N) is 1. The Kier molecular flexibility index (Phi) is 3.94. The maximum atomic E-state index is 12.2. The number of benzene rings is 2. The number of hydrogen-bond acceptors (Lipinski definition) is 5. The van der Waals surface area contributed by atoms with Crippen molar-refractivity contribution in [1.29, 1.82) is 0 Å².